The summed E-state index contributed by atoms with van der Waals surface area (Å²) in [5.41, 5.74) is 0.630. The lowest BCUT2D eigenvalue weighted by atomic mass is 9.96. The van der Waals surface area contributed by atoms with E-state index in [4.69, 9.17) is 4.43 Å². The first-order valence-corrected chi connectivity index (χ1v) is 7.54. The van der Waals surface area contributed by atoms with Crippen LogP contribution in [0.5, 0.6) is 0 Å². The van der Waals surface area contributed by atoms with Gasteiger partial charge in [-0.3, -0.25) is 0 Å². The zero-order valence-corrected chi connectivity index (χ0v) is 14.5. The van der Waals surface area contributed by atoms with Crippen LogP contribution >= 0.6 is 0 Å². The smallest absolute Gasteiger partial charge is 0.198 e. The Morgan fingerprint density at radius 2 is 1.55 bits per heavy atom. The molecule has 0 heterocycles. The quantitative estimate of drug-likeness (QED) is 0.361. The molecule has 0 fully saturated rings. The first kappa shape index (κ1) is 16.7. The molecule has 22 heavy (non-hydrogen) atoms. The van der Waals surface area contributed by atoms with Crippen molar-refractivity contribution in [2.45, 2.75) is 25.9 Å². The third-order valence-electron chi connectivity index (χ3n) is 3.55. The second kappa shape index (κ2) is 6.22. The van der Waals surface area contributed by atoms with E-state index in [1.165, 1.54) is 0 Å². The van der Waals surface area contributed by atoms with E-state index >= 15 is 0 Å². The van der Waals surface area contributed by atoms with Gasteiger partial charge in [-0.1, -0.05) is 24.3 Å². The summed E-state index contributed by atoms with van der Waals surface area (Å²) in [5, 5.41) is 0. The predicted octanol–water partition coefficient (Wildman–Crippen LogP) is 3.53. The second-order valence-electron chi connectivity index (χ2n) is 5.69. The van der Waals surface area contributed by atoms with Crippen LogP contribution in [-0.4, -0.2) is 16.1 Å². The molecule has 118 valence electrons. The first-order valence-electron chi connectivity index (χ1n) is 6.72. The highest BCUT2D eigenvalue weighted by atomic mass is 28.2. The fraction of sp³-hybridized carbons (Fsp3) is 0.250. The lowest BCUT2D eigenvalue weighted by Crippen LogP contribution is -2.26. The Bertz CT molecular complexity index is 684. The van der Waals surface area contributed by atoms with Gasteiger partial charge in [-0.25, -0.2) is 17.6 Å². The van der Waals surface area contributed by atoms with E-state index in [0.717, 1.165) is 5.56 Å². The summed E-state index contributed by atoms with van der Waals surface area (Å²) < 4.78 is 58.7. The summed E-state index contributed by atoms with van der Waals surface area (Å²) in [6.45, 7) is 3.91. The molecule has 2 aromatic rings. The second-order valence-corrected chi connectivity index (χ2v) is 6.09. The molecule has 6 heteroatoms. The standard InChI is InChI=1S/C16H16F4OSi/c1-16(2,21-22)8-9-3-5-10(6-4-9)11-7-12(17)14(19)15(20)13(11)18/h3-7H,8H2,1-2,22H3. The molecule has 0 saturated carbocycles. The average molecular weight is 328 g/mol. The summed E-state index contributed by atoms with van der Waals surface area (Å²) in [7, 11) is 0.614. The number of halogens is 4. The molecule has 1 nitrogen and oxygen atoms in total. The van der Waals surface area contributed by atoms with Crippen LogP contribution in [0.15, 0.2) is 30.3 Å². The van der Waals surface area contributed by atoms with Gasteiger partial charge in [0.15, 0.2) is 23.3 Å². The van der Waals surface area contributed by atoms with Crippen LogP contribution in [0.4, 0.5) is 17.6 Å². The van der Waals surface area contributed by atoms with Crippen molar-refractivity contribution in [2.75, 3.05) is 0 Å². The van der Waals surface area contributed by atoms with Gasteiger partial charge in [0.1, 0.15) is 10.5 Å². The largest absolute Gasteiger partial charge is 0.423 e. The normalized spacial score (nSPS) is 11.9. The van der Waals surface area contributed by atoms with Crippen molar-refractivity contribution in [1.82, 2.24) is 0 Å². The number of rotatable bonds is 4. The van der Waals surface area contributed by atoms with E-state index in [1.54, 1.807) is 24.3 Å². The molecule has 2 aromatic carbocycles. The molecular weight excluding hydrogens is 312 g/mol. The fourth-order valence-electron chi connectivity index (χ4n) is 2.15. The molecule has 0 saturated heterocycles. The minimum absolute atomic E-state index is 0.281. The minimum atomic E-state index is -1.80. The highest BCUT2D eigenvalue weighted by molar-refractivity contribution is 5.98. The Hall–Kier alpha value is -1.66. The van der Waals surface area contributed by atoms with Gasteiger partial charge in [0.2, 0.25) is 0 Å². The summed E-state index contributed by atoms with van der Waals surface area (Å²) in [5.74, 6) is -6.41. The summed E-state index contributed by atoms with van der Waals surface area (Å²) in [6, 6.07) is 7.22. The third-order valence-corrected chi connectivity index (χ3v) is 4.66. The van der Waals surface area contributed by atoms with Gasteiger partial charge in [-0.05, 0) is 37.5 Å². The average Bonchev–Trinajstić information content (AvgIpc) is 2.49. The molecule has 0 radical (unpaired) electrons. The van der Waals surface area contributed by atoms with Gasteiger partial charge in [-0.15, -0.1) is 0 Å². The van der Waals surface area contributed by atoms with Gasteiger partial charge in [0, 0.05) is 5.56 Å². The van der Waals surface area contributed by atoms with E-state index in [9.17, 15) is 17.6 Å². The van der Waals surface area contributed by atoms with Gasteiger partial charge in [0.05, 0.1) is 5.60 Å². The molecule has 0 unspecified atom stereocenters. The van der Waals surface area contributed by atoms with Crippen molar-refractivity contribution in [1.29, 1.82) is 0 Å². The maximum atomic E-state index is 13.8. The lowest BCUT2D eigenvalue weighted by molar-refractivity contribution is 0.124. The van der Waals surface area contributed by atoms with Crippen LogP contribution < -0.4 is 0 Å². The highest BCUT2D eigenvalue weighted by Crippen LogP contribution is 2.28. The Morgan fingerprint density at radius 3 is 2.09 bits per heavy atom. The third kappa shape index (κ3) is 3.39. The summed E-state index contributed by atoms with van der Waals surface area (Å²) >= 11 is 0. The number of hydrogen-bond donors (Lipinski definition) is 0. The molecule has 2 rings (SSSR count). The van der Waals surface area contributed by atoms with Crippen LogP contribution in [0.3, 0.4) is 0 Å². The molecule has 0 aromatic heterocycles. The van der Waals surface area contributed by atoms with Gasteiger partial charge < -0.3 is 4.43 Å². The molecule has 0 amide bonds. The maximum Gasteiger partial charge on any atom is 0.198 e. The Balaban J connectivity index is 2.36. The van der Waals surface area contributed by atoms with Crippen LogP contribution in [0.1, 0.15) is 19.4 Å². The molecule has 0 aliphatic rings. The lowest BCUT2D eigenvalue weighted by Gasteiger charge is -2.23. The van der Waals surface area contributed by atoms with E-state index in [1.807, 2.05) is 13.8 Å². The monoisotopic (exact) mass is 328 g/mol. The molecule has 0 N–H and O–H groups in total. The Kier molecular flexibility index (Phi) is 4.72. The summed E-state index contributed by atoms with van der Waals surface area (Å²) in [4.78, 5) is 0. The molecular formula is C16H16F4OSi. The van der Waals surface area contributed by atoms with E-state index in [0.29, 0.717) is 23.0 Å². The van der Waals surface area contributed by atoms with E-state index in [-0.39, 0.29) is 16.7 Å². The van der Waals surface area contributed by atoms with Crippen LogP contribution in [0.25, 0.3) is 11.1 Å². The van der Waals surface area contributed by atoms with Crippen molar-refractivity contribution >= 4 is 10.5 Å². The maximum absolute atomic E-state index is 13.8. The molecule has 0 aliphatic heterocycles. The van der Waals surface area contributed by atoms with Crippen molar-refractivity contribution in [3.8, 4) is 11.1 Å². The highest BCUT2D eigenvalue weighted by Gasteiger charge is 2.20. The van der Waals surface area contributed by atoms with Crippen molar-refractivity contribution in [3.63, 3.8) is 0 Å². The van der Waals surface area contributed by atoms with E-state index in [2.05, 4.69) is 0 Å². The topological polar surface area (TPSA) is 9.23 Å². The van der Waals surface area contributed by atoms with Gasteiger partial charge >= 0.3 is 0 Å². The van der Waals surface area contributed by atoms with Crippen molar-refractivity contribution < 1.29 is 22.0 Å². The first-order chi connectivity index (χ1) is 10.2. The minimum Gasteiger partial charge on any atom is -0.423 e. The summed E-state index contributed by atoms with van der Waals surface area (Å²) in [6.07, 6.45) is 0.658. The molecule has 0 spiro atoms. The fourth-order valence-corrected chi connectivity index (χ4v) is 2.29. The predicted molar refractivity (Wildman–Crippen MR) is 80.5 cm³/mol. The van der Waals surface area contributed by atoms with Crippen LogP contribution in [-0.2, 0) is 10.8 Å². The Morgan fingerprint density at radius 1 is 0.955 bits per heavy atom. The molecule has 0 atom stereocenters. The number of benzene rings is 2. The van der Waals surface area contributed by atoms with Crippen molar-refractivity contribution in [3.05, 3.63) is 59.2 Å². The number of hydrogen-bond acceptors (Lipinski definition) is 1. The molecule has 0 aliphatic carbocycles. The molecule has 0 bridgehead atoms. The van der Waals surface area contributed by atoms with Crippen LogP contribution in [0.2, 0.25) is 0 Å². The van der Waals surface area contributed by atoms with E-state index < -0.39 is 23.3 Å². The van der Waals surface area contributed by atoms with Crippen molar-refractivity contribution in [2.24, 2.45) is 0 Å². The zero-order chi connectivity index (χ0) is 16.5. The van der Waals surface area contributed by atoms with Gasteiger partial charge in [-0.2, -0.15) is 0 Å². The SMILES string of the molecule is CC(C)(Cc1ccc(-c2cc(F)c(F)c(F)c2F)cc1)O[SiH3]. The van der Waals surface area contributed by atoms with Gasteiger partial charge in [0.25, 0.3) is 0 Å². The van der Waals surface area contributed by atoms with Crippen LogP contribution in [0, 0.1) is 23.3 Å². The zero-order valence-electron chi connectivity index (χ0n) is 12.5. The Labute approximate surface area is 129 Å².